The number of aromatic nitrogens is 3. The van der Waals surface area contributed by atoms with E-state index in [4.69, 9.17) is 9.47 Å². The van der Waals surface area contributed by atoms with Gasteiger partial charge in [0.05, 0.1) is 32.2 Å². The molecule has 194 valence electrons. The summed E-state index contributed by atoms with van der Waals surface area (Å²) in [5.41, 5.74) is 4.14. The van der Waals surface area contributed by atoms with Gasteiger partial charge in [0, 0.05) is 42.3 Å². The van der Waals surface area contributed by atoms with E-state index in [0.717, 1.165) is 30.0 Å². The van der Waals surface area contributed by atoms with Crippen molar-refractivity contribution < 1.29 is 18.7 Å². The number of likely N-dealkylation sites (N-methyl/N-ethyl adjacent to an activating group) is 1. The third-order valence-electron chi connectivity index (χ3n) is 5.81. The SMILES string of the molecule is CCNCCOCCNC(=O)c1ccc(Nc2nccn3c(-c4ccc(OC)c(F)c4)cnc23)cc1C. The molecule has 37 heavy (non-hydrogen) atoms. The summed E-state index contributed by atoms with van der Waals surface area (Å²) in [4.78, 5) is 21.5. The lowest BCUT2D eigenvalue weighted by Crippen LogP contribution is -2.29. The van der Waals surface area contributed by atoms with E-state index in [-0.39, 0.29) is 11.7 Å². The van der Waals surface area contributed by atoms with Crippen LogP contribution in [0.5, 0.6) is 5.75 Å². The zero-order valence-electron chi connectivity index (χ0n) is 21.2. The van der Waals surface area contributed by atoms with Crippen LogP contribution in [-0.2, 0) is 4.74 Å². The summed E-state index contributed by atoms with van der Waals surface area (Å²) in [5.74, 6) is 0.124. The van der Waals surface area contributed by atoms with E-state index in [0.29, 0.717) is 42.4 Å². The van der Waals surface area contributed by atoms with Crippen molar-refractivity contribution >= 4 is 23.1 Å². The third-order valence-corrected chi connectivity index (χ3v) is 5.81. The monoisotopic (exact) mass is 506 g/mol. The molecule has 10 heteroatoms. The quantitative estimate of drug-likeness (QED) is 0.250. The van der Waals surface area contributed by atoms with Crippen molar-refractivity contribution in [2.75, 3.05) is 45.3 Å². The lowest BCUT2D eigenvalue weighted by atomic mass is 10.1. The maximum absolute atomic E-state index is 14.3. The van der Waals surface area contributed by atoms with Crippen LogP contribution in [0.1, 0.15) is 22.8 Å². The molecule has 0 fully saturated rings. The molecule has 0 saturated carbocycles. The van der Waals surface area contributed by atoms with Crippen LogP contribution >= 0.6 is 0 Å². The summed E-state index contributed by atoms with van der Waals surface area (Å²) < 4.78 is 26.6. The Bertz CT molecular complexity index is 1370. The van der Waals surface area contributed by atoms with Gasteiger partial charge >= 0.3 is 0 Å². The average molecular weight is 507 g/mol. The summed E-state index contributed by atoms with van der Waals surface area (Å²) in [6, 6.07) is 10.3. The predicted octanol–water partition coefficient (Wildman–Crippen LogP) is 3.95. The lowest BCUT2D eigenvalue weighted by molar-refractivity contribution is 0.0916. The van der Waals surface area contributed by atoms with Gasteiger partial charge in [-0.25, -0.2) is 14.4 Å². The molecule has 3 N–H and O–H groups in total. The van der Waals surface area contributed by atoms with E-state index >= 15 is 0 Å². The number of ether oxygens (including phenoxy) is 2. The molecule has 0 aliphatic heterocycles. The van der Waals surface area contributed by atoms with E-state index in [1.165, 1.54) is 13.2 Å². The van der Waals surface area contributed by atoms with E-state index in [1.54, 1.807) is 36.8 Å². The van der Waals surface area contributed by atoms with Crippen LogP contribution in [0.2, 0.25) is 0 Å². The van der Waals surface area contributed by atoms with Crippen molar-refractivity contribution in [1.82, 2.24) is 25.0 Å². The fraction of sp³-hybridized carbons (Fsp3) is 0.296. The molecule has 4 aromatic rings. The number of aryl methyl sites for hydroxylation is 1. The number of hydrogen-bond acceptors (Lipinski definition) is 7. The second-order valence-electron chi connectivity index (χ2n) is 8.34. The molecule has 9 nitrogen and oxygen atoms in total. The molecule has 1 amide bonds. The van der Waals surface area contributed by atoms with Crippen molar-refractivity contribution in [2.45, 2.75) is 13.8 Å². The fourth-order valence-corrected chi connectivity index (χ4v) is 3.93. The molecular formula is C27H31FN6O3. The summed E-state index contributed by atoms with van der Waals surface area (Å²) in [7, 11) is 1.43. The van der Waals surface area contributed by atoms with Crippen molar-refractivity contribution in [2.24, 2.45) is 0 Å². The number of nitrogens with one attached hydrogen (secondary N) is 3. The van der Waals surface area contributed by atoms with Gasteiger partial charge in [0.15, 0.2) is 23.0 Å². The van der Waals surface area contributed by atoms with Gasteiger partial charge in [-0.1, -0.05) is 6.92 Å². The Hall–Kier alpha value is -4.02. The van der Waals surface area contributed by atoms with Gasteiger partial charge in [-0.15, -0.1) is 0 Å². The number of fused-ring (bicyclic) bond motifs is 1. The highest BCUT2D eigenvalue weighted by atomic mass is 19.1. The number of anilines is 2. The zero-order valence-corrected chi connectivity index (χ0v) is 21.2. The minimum absolute atomic E-state index is 0.149. The molecule has 4 rings (SSSR count). The molecule has 0 radical (unpaired) electrons. The highest BCUT2D eigenvalue weighted by molar-refractivity contribution is 5.96. The summed E-state index contributed by atoms with van der Waals surface area (Å²) in [5, 5.41) is 9.35. The molecule has 0 aliphatic carbocycles. The van der Waals surface area contributed by atoms with Gasteiger partial charge in [-0.3, -0.25) is 9.20 Å². The highest BCUT2D eigenvalue weighted by Gasteiger charge is 2.14. The maximum atomic E-state index is 14.3. The Morgan fingerprint density at radius 1 is 1.11 bits per heavy atom. The number of nitrogens with zero attached hydrogens (tertiary/aromatic N) is 3. The van der Waals surface area contributed by atoms with Crippen molar-refractivity contribution in [3.63, 3.8) is 0 Å². The predicted molar refractivity (Wildman–Crippen MR) is 141 cm³/mol. The van der Waals surface area contributed by atoms with Gasteiger partial charge < -0.3 is 25.4 Å². The highest BCUT2D eigenvalue weighted by Crippen LogP contribution is 2.28. The molecular weight excluding hydrogens is 475 g/mol. The molecule has 2 aromatic carbocycles. The largest absolute Gasteiger partial charge is 0.494 e. The first kappa shape index (κ1) is 26.1. The Balaban J connectivity index is 1.44. The van der Waals surface area contributed by atoms with Crippen molar-refractivity contribution in [3.8, 4) is 17.0 Å². The van der Waals surface area contributed by atoms with Gasteiger partial charge in [0.25, 0.3) is 5.91 Å². The summed E-state index contributed by atoms with van der Waals surface area (Å²) in [6.45, 7) is 7.13. The second kappa shape index (κ2) is 12.3. The number of methoxy groups -OCH3 is 1. The molecule has 0 spiro atoms. The van der Waals surface area contributed by atoms with Crippen LogP contribution < -0.4 is 20.7 Å². The Labute approximate surface area is 215 Å². The van der Waals surface area contributed by atoms with Gasteiger partial charge in [0.2, 0.25) is 0 Å². The van der Waals surface area contributed by atoms with E-state index in [1.807, 2.05) is 30.4 Å². The van der Waals surface area contributed by atoms with E-state index < -0.39 is 5.82 Å². The molecule has 2 heterocycles. The standard InChI is InChI=1S/C27H31FN6O3/c1-4-29-10-13-37-14-11-31-27(35)21-7-6-20(15-18(21)2)33-25-26-32-17-23(34(26)12-9-30-25)19-5-8-24(36-3)22(28)16-19/h5-9,12,15-17,29H,4,10-11,13-14H2,1-3H3,(H,30,33)(H,31,35). The van der Waals surface area contributed by atoms with Crippen LogP contribution in [0.3, 0.4) is 0 Å². The van der Waals surface area contributed by atoms with Crippen LogP contribution in [0.25, 0.3) is 16.9 Å². The molecule has 0 aliphatic rings. The number of amides is 1. The van der Waals surface area contributed by atoms with Crippen LogP contribution in [0.4, 0.5) is 15.9 Å². The minimum Gasteiger partial charge on any atom is -0.494 e. The topological polar surface area (TPSA) is 102 Å². The number of rotatable bonds is 12. The molecule has 0 atom stereocenters. The van der Waals surface area contributed by atoms with Gasteiger partial charge in [-0.2, -0.15) is 0 Å². The molecule has 0 saturated heterocycles. The maximum Gasteiger partial charge on any atom is 0.251 e. The van der Waals surface area contributed by atoms with Crippen LogP contribution in [-0.4, -0.2) is 60.2 Å². The van der Waals surface area contributed by atoms with E-state index in [9.17, 15) is 9.18 Å². The number of hydrogen-bond donors (Lipinski definition) is 3. The first-order chi connectivity index (χ1) is 18.0. The van der Waals surface area contributed by atoms with Crippen molar-refractivity contribution in [1.29, 1.82) is 0 Å². The Morgan fingerprint density at radius 3 is 2.70 bits per heavy atom. The van der Waals surface area contributed by atoms with Crippen LogP contribution in [0, 0.1) is 12.7 Å². The van der Waals surface area contributed by atoms with Gasteiger partial charge in [-0.05, 0) is 55.4 Å². The molecule has 2 aromatic heterocycles. The minimum atomic E-state index is -0.446. The number of halogens is 1. The van der Waals surface area contributed by atoms with Crippen LogP contribution in [0.15, 0.2) is 55.0 Å². The summed E-state index contributed by atoms with van der Waals surface area (Å²) in [6.07, 6.45) is 5.09. The van der Waals surface area contributed by atoms with Gasteiger partial charge in [0.1, 0.15) is 0 Å². The Morgan fingerprint density at radius 2 is 1.95 bits per heavy atom. The zero-order chi connectivity index (χ0) is 26.2. The first-order valence-corrected chi connectivity index (χ1v) is 12.1. The number of imidazole rings is 1. The average Bonchev–Trinajstić information content (AvgIpc) is 3.33. The third kappa shape index (κ3) is 6.22. The smallest absolute Gasteiger partial charge is 0.251 e. The Kier molecular flexibility index (Phi) is 8.65. The van der Waals surface area contributed by atoms with Crippen molar-refractivity contribution in [3.05, 3.63) is 71.9 Å². The summed E-state index contributed by atoms with van der Waals surface area (Å²) >= 11 is 0. The second-order valence-corrected chi connectivity index (χ2v) is 8.34. The number of carbonyl (C=O) groups excluding carboxylic acids is 1. The fourth-order valence-electron chi connectivity index (χ4n) is 3.93. The number of benzene rings is 2. The normalized spacial score (nSPS) is 11.0. The first-order valence-electron chi connectivity index (χ1n) is 12.1. The molecule has 0 bridgehead atoms. The van der Waals surface area contributed by atoms with E-state index in [2.05, 4.69) is 25.9 Å². The number of carbonyl (C=O) groups is 1. The lowest BCUT2D eigenvalue weighted by Gasteiger charge is -2.12. The molecule has 0 unspecified atom stereocenters.